The van der Waals surface area contributed by atoms with Crippen molar-refractivity contribution in [2.45, 2.75) is 6.92 Å². The van der Waals surface area contributed by atoms with Gasteiger partial charge >= 0.3 is 0 Å². The van der Waals surface area contributed by atoms with E-state index in [9.17, 15) is 10.1 Å². The van der Waals surface area contributed by atoms with E-state index in [1.165, 1.54) is 6.07 Å². The maximum absolute atomic E-state index is 11.0. The van der Waals surface area contributed by atoms with E-state index in [-0.39, 0.29) is 5.69 Å². The van der Waals surface area contributed by atoms with Crippen LogP contribution in [0.1, 0.15) is 5.56 Å². The molecule has 0 spiro atoms. The molecule has 0 fully saturated rings. The van der Waals surface area contributed by atoms with Crippen molar-refractivity contribution >= 4 is 44.6 Å². The molecule has 4 nitrogen and oxygen atoms in total. The Bertz CT molecular complexity index is 647. The van der Waals surface area contributed by atoms with Gasteiger partial charge in [0.05, 0.1) is 15.6 Å². The summed E-state index contributed by atoms with van der Waals surface area (Å²) in [5, 5.41) is 14.6. The van der Waals surface area contributed by atoms with Crippen LogP contribution in [0, 0.1) is 17.0 Å². The van der Waals surface area contributed by atoms with Crippen LogP contribution in [0.25, 0.3) is 0 Å². The van der Waals surface area contributed by atoms with Gasteiger partial charge in [0.15, 0.2) is 0 Å². The number of anilines is 2. The predicted octanol–water partition coefficient (Wildman–Crippen LogP) is 5.06. The molecule has 0 heterocycles. The second-order valence-corrected chi connectivity index (χ2v) is 5.27. The van der Waals surface area contributed by atoms with Crippen LogP contribution in [0.2, 0.25) is 5.02 Å². The molecule has 0 bridgehead atoms. The first-order valence-corrected chi connectivity index (χ1v) is 6.62. The van der Waals surface area contributed by atoms with Gasteiger partial charge in [0, 0.05) is 10.5 Å². The molecule has 0 amide bonds. The van der Waals surface area contributed by atoms with Gasteiger partial charge in [-0.2, -0.15) is 0 Å². The summed E-state index contributed by atoms with van der Waals surface area (Å²) < 4.78 is 0.653. The Morgan fingerprint density at radius 1 is 1.26 bits per heavy atom. The second kappa shape index (κ2) is 5.59. The van der Waals surface area contributed by atoms with Crippen molar-refractivity contribution in [3.8, 4) is 0 Å². The van der Waals surface area contributed by atoms with E-state index in [0.717, 1.165) is 5.56 Å². The largest absolute Gasteiger partial charge is 0.349 e. The number of nitro groups is 1. The lowest BCUT2D eigenvalue weighted by atomic mass is 10.2. The number of rotatable bonds is 3. The molecule has 6 heteroatoms. The van der Waals surface area contributed by atoms with Crippen molar-refractivity contribution in [1.82, 2.24) is 0 Å². The van der Waals surface area contributed by atoms with Gasteiger partial charge in [0.25, 0.3) is 5.69 Å². The molecule has 0 unspecified atom stereocenters. The van der Waals surface area contributed by atoms with Gasteiger partial charge in [-0.15, -0.1) is 0 Å². The highest BCUT2D eigenvalue weighted by atomic mass is 79.9. The molecule has 2 aromatic carbocycles. The van der Waals surface area contributed by atoms with Crippen LogP contribution < -0.4 is 5.32 Å². The van der Waals surface area contributed by atoms with Crippen LogP contribution >= 0.6 is 27.5 Å². The number of aryl methyl sites for hydroxylation is 1. The molecular weight excluding hydrogens is 332 g/mol. The Kier molecular flexibility index (Phi) is 4.07. The molecule has 1 N–H and O–H groups in total. The summed E-state index contributed by atoms with van der Waals surface area (Å²) in [5.74, 6) is 0. The minimum Gasteiger partial charge on any atom is -0.349 e. The molecule has 0 aliphatic rings. The van der Waals surface area contributed by atoms with E-state index >= 15 is 0 Å². The molecule has 98 valence electrons. The van der Waals surface area contributed by atoms with Gasteiger partial charge in [-0.25, -0.2) is 0 Å². The van der Waals surface area contributed by atoms with Gasteiger partial charge in [0.2, 0.25) is 0 Å². The summed E-state index contributed by atoms with van der Waals surface area (Å²) in [4.78, 5) is 10.6. The fraction of sp³-hybridized carbons (Fsp3) is 0.0769. The van der Waals surface area contributed by atoms with E-state index in [0.29, 0.717) is 20.9 Å². The zero-order valence-corrected chi connectivity index (χ0v) is 12.3. The Hall–Kier alpha value is -1.59. The van der Waals surface area contributed by atoms with Crippen molar-refractivity contribution in [1.29, 1.82) is 0 Å². The number of nitro benzene ring substituents is 1. The van der Waals surface area contributed by atoms with E-state index < -0.39 is 4.92 Å². The number of nitrogens with one attached hydrogen (secondary N) is 1. The lowest BCUT2D eigenvalue weighted by molar-refractivity contribution is -0.384. The minimum absolute atomic E-state index is 0.00746. The average Bonchev–Trinajstić information content (AvgIpc) is 2.36. The van der Waals surface area contributed by atoms with E-state index in [2.05, 4.69) is 21.2 Å². The summed E-state index contributed by atoms with van der Waals surface area (Å²) in [6, 6.07) is 10.3. The maximum atomic E-state index is 11.0. The van der Waals surface area contributed by atoms with Crippen molar-refractivity contribution in [2.24, 2.45) is 0 Å². The number of benzene rings is 2. The fourth-order valence-electron chi connectivity index (χ4n) is 1.65. The topological polar surface area (TPSA) is 55.2 Å². The molecule has 0 saturated carbocycles. The van der Waals surface area contributed by atoms with Crippen molar-refractivity contribution in [2.75, 3.05) is 5.32 Å². The smallest absolute Gasteiger partial charge is 0.293 e. The van der Waals surface area contributed by atoms with E-state index in [1.807, 2.05) is 19.1 Å². The lowest BCUT2D eigenvalue weighted by Gasteiger charge is -2.10. The highest BCUT2D eigenvalue weighted by molar-refractivity contribution is 9.10. The monoisotopic (exact) mass is 340 g/mol. The van der Waals surface area contributed by atoms with Gasteiger partial charge in [-0.3, -0.25) is 10.1 Å². The predicted molar refractivity (Wildman–Crippen MR) is 80.3 cm³/mol. The van der Waals surface area contributed by atoms with Crippen LogP contribution in [0.15, 0.2) is 40.9 Å². The molecule has 2 aromatic rings. The molecule has 19 heavy (non-hydrogen) atoms. The average molecular weight is 342 g/mol. The zero-order chi connectivity index (χ0) is 14.0. The SMILES string of the molecule is Cc1cccc(Nc2ccc(Br)cc2[N+](=O)[O-])c1Cl. The molecule has 0 radical (unpaired) electrons. The molecule has 0 aliphatic carbocycles. The third-order valence-electron chi connectivity index (χ3n) is 2.62. The summed E-state index contributed by atoms with van der Waals surface area (Å²) in [5.41, 5.74) is 1.95. The third kappa shape index (κ3) is 3.05. The Morgan fingerprint density at radius 2 is 2.00 bits per heavy atom. The molecule has 2 rings (SSSR count). The van der Waals surface area contributed by atoms with Crippen LogP contribution in [0.5, 0.6) is 0 Å². The van der Waals surface area contributed by atoms with Crippen LogP contribution in [0.4, 0.5) is 17.1 Å². The van der Waals surface area contributed by atoms with Gasteiger partial charge in [-0.05, 0) is 30.7 Å². The summed E-state index contributed by atoms with van der Waals surface area (Å²) in [6.45, 7) is 1.88. The van der Waals surface area contributed by atoms with Crippen molar-refractivity contribution in [3.63, 3.8) is 0 Å². The minimum atomic E-state index is -0.434. The van der Waals surface area contributed by atoms with Crippen LogP contribution in [-0.2, 0) is 0 Å². The highest BCUT2D eigenvalue weighted by Crippen LogP contribution is 2.33. The van der Waals surface area contributed by atoms with Gasteiger partial charge in [0.1, 0.15) is 5.69 Å². The standard InChI is InChI=1S/C13H10BrClN2O2/c1-8-3-2-4-11(13(8)15)16-10-6-5-9(14)7-12(10)17(18)19/h2-7,16H,1H3. The first-order chi connectivity index (χ1) is 8.99. The number of hydrogen-bond donors (Lipinski definition) is 1. The zero-order valence-electron chi connectivity index (χ0n) is 9.98. The van der Waals surface area contributed by atoms with Crippen LogP contribution in [-0.4, -0.2) is 4.92 Å². The Morgan fingerprint density at radius 3 is 2.68 bits per heavy atom. The lowest BCUT2D eigenvalue weighted by Crippen LogP contribution is -1.98. The Balaban J connectivity index is 2.44. The first kappa shape index (κ1) is 13.8. The molecular formula is C13H10BrClN2O2. The number of halogens is 2. The van der Waals surface area contributed by atoms with Crippen molar-refractivity contribution < 1.29 is 4.92 Å². The van der Waals surface area contributed by atoms with Gasteiger partial charge < -0.3 is 5.32 Å². The molecule has 0 aliphatic heterocycles. The summed E-state index contributed by atoms with van der Waals surface area (Å²) in [6.07, 6.45) is 0. The quantitative estimate of drug-likeness (QED) is 0.627. The number of hydrogen-bond acceptors (Lipinski definition) is 3. The molecule has 0 aromatic heterocycles. The van der Waals surface area contributed by atoms with Gasteiger partial charge in [-0.1, -0.05) is 39.7 Å². The fourth-order valence-corrected chi connectivity index (χ4v) is 2.17. The van der Waals surface area contributed by atoms with E-state index in [4.69, 9.17) is 11.6 Å². The van der Waals surface area contributed by atoms with Crippen LogP contribution in [0.3, 0.4) is 0 Å². The third-order valence-corrected chi connectivity index (χ3v) is 3.61. The van der Waals surface area contributed by atoms with Crippen molar-refractivity contribution in [3.05, 3.63) is 61.6 Å². The summed E-state index contributed by atoms with van der Waals surface area (Å²) >= 11 is 9.38. The Labute approximate surface area is 123 Å². The molecule has 0 atom stereocenters. The number of nitrogens with zero attached hydrogens (tertiary/aromatic N) is 1. The summed E-state index contributed by atoms with van der Waals surface area (Å²) in [7, 11) is 0. The highest BCUT2D eigenvalue weighted by Gasteiger charge is 2.15. The van der Waals surface area contributed by atoms with E-state index in [1.54, 1.807) is 18.2 Å². The molecule has 0 saturated heterocycles. The second-order valence-electron chi connectivity index (χ2n) is 3.98. The normalized spacial score (nSPS) is 10.3. The first-order valence-electron chi connectivity index (χ1n) is 5.45. The maximum Gasteiger partial charge on any atom is 0.293 e.